The lowest BCUT2D eigenvalue weighted by molar-refractivity contribution is -0.332. The van der Waals surface area contributed by atoms with E-state index in [4.69, 9.17) is 28.4 Å². The monoisotopic (exact) mass is 1020 g/mol. The van der Waals surface area contributed by atoms with Crippen molar-refractivity contribution in [3.63, 3.8) is 0 Å². The average molecular weight is 1020 g/mol. The summed E-state index contributed by atoms with van der Waals surface area (Å²) in [6.07, 6.45) is 36.2. The number of hydrogen-bond acceptors (Lipinski definition) is 15. The van der Waals surface area contributed by atoms with Crippen molar-refractivity contribution in [1.82, 2.24) is 0 Å². The van der Waals surface area contributed by atoms with Crippen molar-refractivity contribution >= 4 is 11.9 Å². The van der Waals surface area contributed by atoms with Gasteiger partial charge in [0.05, 0.1) is 19.8 Å². The number of carbonyl (C=O) groups is 2. The Hall–Kier alpha value is -3.32. The minimum atomic E-state index is -1.78. The van der Waals surface area contributed by atoms with Crippen molar-refractivity contribution in [3.8, 4) is 0 Å². The maximum atomic E-state index is 13.0. The molecule has 2 aliphatic heterocycles. The van der Waals surface area contributed by atoms with Crippen molar-refractivity contribution in [2.45, 2.75) is 235 Å². The molecule has 11 atom stereocenters. The van der Waals surface area contributed by atoms with E-state index in [-0.39, 0.29) is 19.4 Å². The fourth-order valence-electron chi connectivity index (χ4n) is 7.94. The first kappa shape index (κ1) is 64.8. The fraction of sp³-hybridized carbons (Fsp3) is 0.719. The number of ether oxygens (including phenoxy) is 6. The molecule has 2 heterocycles. The topological polar surface area (TPSA) is 231 Å². The van der Waals surface area contributed by atoms with Crippen LogP contribution in [0.25, 0.3) is 0 Å². The van der Waals surface area contributed by atoms with Crippen LogP contribution in [0.2, 0.25) is 0 Å². The second-order valence-corrected chi connectivity index (χ2v) is 18.7. The molecule has 0 radical (unpaired) electrons. The average Bonchev–Trinajstić information content (AvgIpc) is 3.37. The Morgan fingerprint density at radius 1 is 0.458 bits per heavy atom. The van der Waals surface area contributed by atoms with Gasteiger partial charge in [-0.15, -0.1) is 0 Å². The van der Waals surface area contributed by atoms with E-state index in [1.165, 1.54) is 57.8 Å². The molecule has 15 heteroatoms. The van der Waals surface area contributed by atoms with E-state index in [0.29, 0.717) is 19.3 Å². The molecule has 412 valence electrons. The van der Waals surface area contributed by atoms with Crippen LogP contribution in [-0.4, -0.2) is 142 Å². The van der Waals surface area contributed by atoms with Crippen LogP contribution in [0.1, 0.15) is 168 Å². The number of carbonyl (C=O) groups excluding carboxylic acids is 2. The summed E-state index contributed by atoms with van der Waals surface area (Å²) < 4.78 is 33.5. The summed E-state index contributed by atoms with van der Waals surface area (Å²) >= 11 is 0. The largest absolute Gasteiger partial charge is 0.462 e. The quantitative estimate of drug-likeness (QED) is 0.0173. The third-order valence-electron chi connectivity index (χ3n) is 12.4. The maximum absolute atomic E-state index is 13.0. The molecule has 15 nitrogen and oxygen atoms in total. The predicted molar refractivity (Wildman–Crippen MR) is 279 cm³/mol. The molecular weight excluding hydrogens is 925 g/mol. The van der Waals surface area contributed by atoms with Crippen molar-refractivity contribution < 1.29 is 73.8 Å². The Balaban J connectivity index is 1.83. The van der Waals surface area contributed by atoms with E-state index >= 15 is 0 Å². The summed E-state index contributed by atoms with van der Waals surface area (Å²) in [7, 11) is 0. The van der Waals surface area contributed by atoms with E-state index in [1.807, 2.05) is 12.2 Å². The van der Waals surface area contributed by atoms with E-state index < -0.39 is 99.3 Å². The number of aliphatic hydroxyl groups excluding tert-OH is 7. The van der Waals surface area contributed by atoms with Gasteiger partial charge in [-0.2, -0.15) is 0 Å². The Morgan fingerprint density at radius 3 is 1.43 bits per heavy atom. The van der Waals surface area contributed by atoms with Gasteiger partial charge in [0.2, 0.25) is 0 Å². The second-order valence-electron chi connectivity index (χ2n) is 18.7. The van der Waals surface area contributed by atoms with Gasteiger partial charge < -0.3 is 64.2 Å². The lowest BCUT2D eigenvalue weighted by Crippen LogP contribution is -2.61. The molecular formula is C57H94O15. The molecule has 2 aliphatic rings. The normalized spacial score (nSPS) is 25.7. The first-order valence-corrected chi connectivity index (χ1v) is 27.2. The first-order valence-electron chi connectivity index (χ1n) is 27.2. The summed E-state index contributed by atoms with van der Waals surface area (Å²) in [6.45, 7) is 2.38. The maximum Gasteiger partial charge on any atom is 0.306 e. The number of hydrogen-bond donors (Lipinski definition) is 7. The molecule has 0 aromatic heterocycles. The highest BCUT2D eigenvalue weighted by molar-refractivity contribution is 5.70. The number of unbranched alkanes of at least 4 members (excludes halogenated alkanes) is 13. The molecule has 2 rings (SSSR count). The van der Waals surface area contributed by atoms with Gasteiger partial charge >= 0.3 is 11.9 Å². The SMILES string of the molecule is CC/C=C/C/C=C/C/C=C/C/C=C/C/C=C/C/C=C/CCC(=O)O[C@H](COC(=O)CCCCCCCCC/C=C/CCCCCCCC)CO[C@H]1O[C@@H](CO[C@H]2O[C@@H](CO)[C@@H](O)C(O)C2O)[C@@H](O)C(O)C1O. The van der Waals surface area contributed by atoms with Gasteiger partial charge in [0.25, 0.3) is 0 Å². The predicted octanol–water partition coefficient (Wildman–Crippen LogP) is 8.38. The summed E-state index contributed by atoms with van der Waals surface area (Å²) in [6, 6.07) is 0. The molecule has 0 bridgehead atoms. The summed E-state index contributed by atoms with van der Waals surface area (Å²) in [5.41, 5.74) is 0. The molecule has 0 aromatic carbocycles. The van der Waals surface area contributed by atoms with Crippen LogP contribution < -0.4 is 0 Å². The molecule has 0 aromatic rings. The van der Waals surface area contributed by atoms with E-state index in [0.717, 1.165) is 64.2 Å². The Morgan fingerprint density at radius 2 is 0.903 bits per heavy atom. The summed E-state index contributed by atoms with van der Waals surface area (Å²) in [5, 5.41) is 72.2. The Labute approximate surface area is 431 Å². The molecule has 2 saturated heterocycles. The van der Waals surface area contributed by atoms with Gasteiger partial charge in [-0.3, -0.25) is 9.59 Å². The van der Waals surface area contributed by atoms with Gasteiger partial charge in [0.1, 0.15) is 55.4 Å². The van der Waals surface area contributed by atoms with Crippen LogP contribution in [0.5, 0.6) is 0 Å². The highest BCUT2D eigenvalue weighted by atomic mass is 16.7. The molecule has 0 spiro atoms. The van der Waals surface area contributed by atoms with E-state index in [2.05, 4.69) is 86.8 Å². The van der Waals surface area contributed by atoms with E-state index in [1.54, 1.807) is 0 Å². The molecule has 0 amide bonds. The Bertz CT molecular complexity index is 1570. The van der Waals surface area contributed by atoms with E-state index in [9.17, 15) is 45.3 Å². The number of allylic oxidation sites excluding steroid dienone is 14. The lowest BCUT2D eigenvalue weighted by atomic mass is 9.98. The van der Waals surface area contributed by atoms with Gasteiger partial charge in [-0.1, -0.05) is 163 Å². The van der Waals surface area contributed by atoms with Crippen molar-refractivity contribution in [1.29, 1.82) is 0 Å². The molecule has 2 fully saturated rings. The van der Waals surface area contributed by atoms with Crippen LogP contribution >= 0.6 is 0 Å². The number of esters is 2. The zero-order chi connectivity index (χ0) is 52.4. The standard InChI is InChI=1S/C57H94O15/c1-3-5-7-9-11-13-15-17-19-21-22-24-26-28-30-32-34-36-38-40-49(60)70-45(42-67-48(59)39-37-35-33-31-29-27-25-23-20-18-16-14-12-10-8-6-4-2)43-68-56-55(66)53(64)51(62)47(72-56)44-69-57-54(65)52(63)50(61)46(41-58)71-57/h5,7,11,13,17-20,22,24,28,30,34,36,45-47,50-58,61-66H,3-4,6,8-10,12,14-16,21,23,25-27,29,31-33,35,37-44H2,1-2H3/b7-5+,13-11+,19-17+,20-18+,24-22+,30-28+,36-34+/t45-,46+,47+,50-,51-,52?,53?,54?,55?,56+,57+/m1/s1. The lowest BCUT2D eigenvalue weighted by Gasteiger charge is -2.42. The van der Waals surface area contributed by atoms with Crippen LogP contribution in [0.15, 0.2) is 85.1 Å². The van der Waals surface area contributed by atoms with Crippen LogP contribution in [0, 0.1) is 0 Å². The Kier molecular flexibility index (Phi) is 38.7. The van der Waals surface area contributed by atoms with Crippen LogP contribution in [0.4, 0.5) is 0 Å². The molecule has 0 saturated carbocycles. The molecule has 0 aliphatic carbocycles. The number of aliphatic hydroxyl groups is 7. The zero-order valence-electron chi connectivity index (χ0n) is 43.6. The summed E-state index contributed by atoms with van der Waals surface area (Å²) in [5.74, 6) is -1.03. The molecule has 4 unspecified atom stereocenters. The minimum Gasteiger partial charge on any atom is -0.462 e. The van der Waals surface area contributed by atoms with Crippen molar-refractivity contribution in [3.05, 3.63) is 85.1 Å². The zero-order valence-corrected chi connectivity index (χ0v) is 43.6. The van der Waals surface area contributed by atoms with Gasteiger partial charge in [-0.25, -0.2) is 0 Å². The fourth-order valence-corrected chi connectivity index (χ4v) is 7.94. The van der Waals surface area contributed by atoms with Crippen molar-refractivity contribution in [2.75, 3.05) is 26.4 Å². The third kappa shape index (κ3) is 30.1. The van der Waals surface area contributed by atoms with Crippen LogP contribution in [-0.2, 0) is 38.0 Å². The molecule has 72 heavy (non-hydrogen) atoms. The minimum absolute atomic E-state index is 0.0351. The first-order chi connectivity index (χ1) is 35.0. The van der Waals surface area contributed by atoms with Gasteiger partial charge in [0.15, 0.2) is 18.7 Å². The smallest absolute Gasteiger partial charge is 0.306 e. The highest BCUT2D eigenvalue weighted by Crippen LogP contribution is 2.26. The third-order valence-corrected chi connectivity index (χ3v) is 12.4. The van der Waals surface area contributed by atoms with Crippen LogP contribution in [0.3, 0.4) is 0 Å². The number of rotatable bonds is 41. The molecule has 7 N–H and O–H groups in total. The summed E-state index contributed by atoms with van der Waals surface area (Å²) in [4.78, 5) is 25.8. The van der Waals surface area contributed by atoms with Crippen molar-refractivity contribution in [2.24, 2.45) is 0 Å². The highest BCUT2D eigenvalue weighted by Gasteiger charge is 2.47. The van der Waals surface area contributed by atoms with Gasteiger partial charge in [-0.05, 0) is 77.0 Å². The second kappa shape index (κ2) is 43.0. The van der Waals surface area contributed by atoms with Gasteiger partial charge in [0, 0.05) is 12.8 Å².